The number of hydrogen-bond donors (Lipinski definition) is 3. The van der Waals surface area contributed by atoms with E-state index in [1.54, 1.807) is 0 Å². The zero-order valence-electron chi connectivity index (χ0n) is 10.6. The second kappa shape index (κ2) is 7.30. The first-order chi connectivity index (χ1) is 8.52. The van der Waals surface area contributed by atoms with Gasteiger partial charge in [0.25, 0.3) is 0 Å². The molecule has 0 spiro atoms. The van der Waals surface area contributed by atoms with E-state index in [1.165, 1.54) is 6.92 Å². The van der Waals surface area contributed by atoms with Crippen molar-refractivity contribution in [3.05, 3.63) is 0 Å². The molecule has 0 radical (unpaired) electrons. The molecule has 1 aliphatic heterocycles. The molecule has 1 amide bonds. The Labute approximate surface area is 106 Å². The van der Waals surface area contributed by atoms with Crippen molar-refractivity contribution in [1.29, 1.82) is 0 Å². The van der Waals surface area contributed by atoms with Crippen LogP contribution in [0.3, 0.4) is 0 Å². The maximum atomic E-state index is 11.6. The molecule has 1 fully saturated rings. The van der Waals surface area contributed by atoms with Crippen LogP contribution in [0, 0.1) is 0 Å². The van der Waals surface area contributed by atoms with Crippen molar-refractivity contribution in [2.45, 2.75) is 13.0 Å². The summed E-state index contributed by atoms with van der Waals surface area (Å²) < 4.78 is 0. The van der Waals surface area contributed by atoms with Crippen LogP contribution in [0.2, 0.25) is 0 Å². The minimum Gasteiger partial charge on any atom is -0.480 e. The molecule has 0 saturated carbocycles. The van der Waals surface area contributed by atoms with E-state index in [0.29, 0.717) is 6.54 Å². The highest BCUT2D eigenvalue weighted by atomic mass is 16.4. The number of carboxylic acids is 1. The Morgan fingerprint density at radius 3 is 2.28 bits per heavy atom. The lowest BCUT2D eigenvalue weighted by Crippen LogP contribution is -2.51. The monoisotopic (exact) mass is 259 g/mol. The van der Waals surface area contributed by atoms with Gasteiger partial charge in [0.05, 0.1) is 13.2 Å². The van der Waals surface area contributed by atoms with Crippen LogP contribution in [0.15, 0.2) is 0 Å². The number of nitrogens with zero attached hydrogens (tertiary/aromatic N) is 2. The number of β-amino-alcohol motifs (C(OH)–C–C–N with tert-alkyl or cyclic N) is 1. The molecule has 0 aromatic rings. The number of carbonyl (C=O) groups excluding carboxylic acids is 1. The Morgan fingerprint density at radius 2 is 1.78 bits per heavy atom. The molecular formula is C11H21N3O4. The smallest absolute Gasteiger partial charge is 0.325 e. The fraction of sp³-hybridized carbons (Fsp3) is 0.818. The summed E-state index contributed by atoms with van der Waals surface area (Å²) in [5, 5.41) is 19.9. The number of carbonyl (C=O) groups is 2. The van der Waals surface area contributed by atoms with Crippen LogP contribution in [-0.2, 0) is 9.59 Å². The van der Waals surface area contributed by atoms with Crippen LogP contribution in [0.25, 0.3) is 0 Å². The quantitative estimate of drug-likeness (QED) is 0.520. The van der Waals surface area contributed by atoms with Crippen molar-refractivity contribution in [2.24, 2.45) is 0 Å². The van der Waals surface area contributed by atoms with Gasteiger partial charge in [-0.25, -0.2) is 0 Å². The molecule has 1 rings (SSSR count). The van der Waals surface area contributed by atoms with Gasteiger partial charge in [-0.05, 0) is 6.92 Å². The highest BCUT2D eigenvalue weighted by molar-refractivity contribution is 5.84. The summed E-state index contributed by atoms with van der Waals surface area (Å²) >= 11 is 0. The molecule has 1 aliphatic rings. The number of aliphatic hydroxyl groups excluding tert-OH is 1. The van der Waals surface area contributed by atoms with E-state index < -0.39 is 12.0 Å². The van der Waals surface area contributed by atoms with Crippen molar-refractivity contribution in [3.63, 3.8) is 0 Å². The third kappa shape index (κ3) is 4.99. The third-order valence-electron chi connectivity index (χ3n) is 3.00. The Bertz CT molecular complexity index is 290. The normalized spacial score (nSPS) is 19.4. The standard InChI is InChI=1S/C11H21N3O4/c1-9(11(17)18)12-10(16)8-14-4-2-13(3-5-14)6-7-15/h9,15H,2-8H2,1H3,(H,12,16)(H,17,18). The fourth-order valence-corrected chi connectivity index (χ4v) is 1.86. The average Bonchev–Trinajstić information content (AvgIpc) is 2.31. The molecule has 1 unspecified atom stereocenters. The topological polar surface area (TPSA) is 93.1 Å². The number of rotatable bonds is 6. The molecule has 1 saturated heterocycles. The summed E-state index contributed by atoms with van der Waals surface area (Å²) in [5.74, 6) is -1.29. The van der Waals surface area contributed by atoms with Gasteiger partial charge in [0.15, 0.2) is 0 Å². The number of carboxylic acid groups (broad SMARTS) is 1. The Kier molecular flexibility index (Phi) is 6.03. The molecule has 0 aromatic heterocycles. The molecule has 0 bridgehead atoms. The van der Waals surface area contributed by atoms with Gasteiger partial charge in [-0.2, -0.15) is 0 Å². The van der Waals surface area contributed by atoms with Gasteiger partial charge < -0.3 is 15.5 Å². The summed E-state index contributed by atoms with van der Waals surface area (Å²) in [7, 11) is 0. The van der Waals surface area contributed by atoms with Gasteiger partial charge in [-0.1, -0.05) is 0 Å². The zero-order chi connectivity index (χ0) is 13.5. The predicted molar refractivity (Wildman–Crippen MR) is 65.2 cm³/mol. The van der Waals surface area contributed by atoms with Gasteiger partial charge in [-0.15, -0.1) is 0 Å². The number of hydrogen-bond acceptors (Lipinski definition) is 5. The SMILES string of the molecule is CC(NC(=O)CN1CCN(CCO)CC1)C(=O)O. The minimum absolute atomic E-state index is 0.149. The minimum atomic E-state index is -1.03. The predicted octanol–water partition coefficient (Wildman–Crippen LogP) is -1.81. The maximum Gasteiger partial charge on any atom is 0.325 e. The number of piperazine rings is 1. The summed E-state index contributed by atoms with van der Waals surface area (Å²) in [6, 6.07) is -0.854. The fourth-order valence-electron chi connectivity index (χ4n) is 1.86. The summed E-state index contributed by atoms with van der Waals surface area (Å²) in [5.41, 5.74) is 0. The van der Waals surface area contributed by atoms with E-state index in [4.69, 9.17) is 10.2 Å². The van der Waals surface area contributed by atoms with Crippen molar-refractivity contribution < 1.29 is 19.8 Å². The molecule has 3 N–H and O–H groups in total. The molecule has 104 valence electrons. The van der Waals surface area contributed by atoms with Crippen molar-refractivity contribution in [2.75, 3.05) is 45.9 Å². The summed E-state index contributed by atoms with van der Waals surface area (Å²) in [6.45, 7) is 5.64. The Balaban J connectivity index is 2.24. The Hall–Kier alpha value is -1.18. The molecule has 0 aliphatic carbocycles. The van der Waals surface area contributed by atoms with E-state index in [9.17, 15) is 9.59 Å². The molecule has 18 heavy (non-hydrogen) atoms. The lowest BCUT2D eigenvalue weighted by atomic mass is 10.3. The number of amides is 1. The second-order valence-electron chi connectivity index (χ2n) is 4.47. The molecule has 7 heteroatoms. The first-order valence-corrected chi connectivity index (χ1v) is 6.10. The van der Waals surface area contributed by atoms with E-state index in [-0.39, 0.29) is 19.1 Å². The second-order valence-corrected chi connectivity index (χ2v) is 4.47. The molecule has 7 nitrogen and oxygen atoms in total. The van der Waals surface area contributed by atoms with Crippen LogP contribution >= 0.6 is 0 Å². The van der Waals surface area contributed by atoms with Crippen LogP contribution in [0.1, 0.15) is 6.92 Å². The van der Waals surface area contributed by atoms with Gasteiger partial charge in [0.1, 0.15) is 6.04 Å². The summed E-state index contributed by atoms with van der Waals surface area (Å²) in [4.78, 5) is 26.3. The first-order valence-electron chi connectivity index (χ1n) is 6.10. The number of aliphatic carboxylic acids is 1. The van der Waals surface area contributed by atoms with E-state index >= 15 is 0 Å². The molecule has 1 atom stereocenters. The van der Waals surface area contributed by atoms with Gasteiger partial charge in [0, 0.05) is 32.7 Å². The van der Waals surface area contributed by atoms with Crippen molar-refractivity contribution in [1.82, 2.24) is 15.1 Å². The summed E-state index contributed by atoms with van der Waals surface area (Å²) in [6.07, 6.45) is 0. The van der Waals surface area contributed by atoms with Crippen LogP contribution in [-0.4, -0.2) is 83.8 Å². The Morgan fingerprint density at radius 1 is 1.22 bits per heavy atom. The van der Waals surface area contributed by atoms with Gasteiger partial charge in [0.2, 0.25) is 5.91 Å². The largest absolute Gasteiger partial charge is 0.480 e. The average molecular weight is 259 g/mol. The zero-order valence-corrected chi connectivity index (χ0v) is 10.6. The highest BCUT2D eigenvalue weighted by Crippen LogP contribution is 2.00. The van der Waals surface area contributed by atoms with Gasteiger partial charge in [-0.3, -0.25) is 19.4 Å². The molecule has 1 heterocycles. The lowest BCUT2D eigenvalue weighted by Gasteiger charge is -2.33. The van der Waals surface area contributed by atoms with Crippen LogP contribution < -0.4 is 5.32 Å². The highest BCUT2D eigenvalue weighted by Gasteiger charge is 2.20. The van der Waals surface area contributed by atoms with E-state index in [0.717, 1.165) is 26.2 Å². The maximum absolute atomic E-state index is 11.6. The van der Waals surface area contributed by atoms with Crippen molar-refractivity contribution in [3.8, 4) is 0 Å². The molecular weight excluding hydrogens is 238 g/mol. The van der Waals surface area contributed by atoms with E-state index in [1.807, 2.05) is 4.90 Å². The van der Waals surface area contributed by atoms with Crippen LogP contribution in [0.5, 0.6) is 0 Å². The molecule has 0 aromatic carbocycles. The third-order valence-corrected chi connectivity index (χ3v) is 3.00. The van der Waals surface area contributed by atoms with Crippen molar-refractivity contribution >= 4 is 11.9 Å². The lowest BCUT2D eigenvalue weighted by molar-refractivity contribution is -0.141. The van der Waals surface area contributed by atoms with Crippen LogP contribution in [0.4, 0.5) is 0 Å². The first kappa shape index (κ1) is 14.9. The number of aliphatic hydroxyl groups is 1. The van der Waals surface area contributed by atoms with Gasteiger partial charge >= 0.3 is 5.97 Å². The number of nitrogens with one attached hydrogen (secondary N) is 1. The van der Waals surface area contributed by atoms with E-state index in [2.05, 4.69) is 10.2 Å².